The Kier molecular flexibility index (Phi) is 5.64. The third-order valence-electron chi connectivity index (χ3n) is 6.74. The molecule has 12 heteroatoms. The van der Waals surface area contributed by atoms with Crippen molar-refractivity contribution >= 4 is 21.9 Å². The Hall–Kier alpha value is -6.30. The molecule has 6 rings (SSSR count). The van der Waals surface area contributed by atoms with Gasteiger partial charge in [-0.1, -0.05) is 0 Å². The topological polar surface area (TPSA) is 222 Å². The van der Waals surface area contributed by atoms with Gasteiger partial charge >= 0.3 is 0 Å². The molecule has 0 aliphatic carbocycles. The van der Waals surface area contributed by atoms with Crippen molar-refractivity contribution in [3.63, 3.8) is 0 Å². The van der Waals surface area contributed by atoms with Gasteiger partial charge < -0.3 is 49.7 Å². The number of hydrogen-bond acceptors (Lipinski definition) is 12. The number of aromatic hydroxyl groups is 8. The number of phenols is 6. The minimum atomic E-state index is -1.13. The number of hydrogen-bond donors (Lipinski definition) is 8. The second-order valence-corrected chi connectivity index (χ2v) is 9.30. The molecule has 0 spiro atoms. The van der Waals surface area contributed by atoms with E-state index in [4.69, 9.17) is 8.83 Å². The van der Waals surface area contributed by atoms with Crippen LogP contribution in [0.15, 0.2) is 79.1 Å². The van der Waals surface area contributed by atoms with E-state index in [9.17, 15) is 50.4 Å². The monoisotopic (exact) mass is 570 g/mol. The van der Waals surface area contributed by atoms with Crippen LogP contribution in [0.1, 0.15) is 0 Å². The molecule has 2 heterocycles. The van der Waals surface area contributed by atoms with E-state index in [0.717, 1.165) is 12.1 Å². The van der Waals surface area contributed by atoms with Gasteiger partial charge in [-0.15, -0.1) is 0 Å². The zero-order chi connectivity index (χ0) is 30.0. The van der Waals surface area contributed by atoms with Crippen molar-refractivity contribution in [1.29, 1.82) is 0 Å². The molecule has 0 saturated carbocycles. The van der Waals surface area contributed by atoms with Crippen molar-refractivity contribution in [3.8, 4) is 79.8 Å². The van der Waals surface area contributed by atoms with Crippen molar-refractivity contribution in [2.75, 3.05) is 0 Å². The molecule has 8 N–H and O–H groups in total. The Labute approximate surface area is 232 Å². The molecule has 0 unspecified atom stereocenters. The Balaban J connectivity index is 1.61. The van der Waals surface area contributed by atoms with Crippen molar-refractivity contribution in [2.45, 2.75) is 0 Å². The number of fused-ring (bicyclic) bond motifs is 2. The van der Waals surface area contributed by atoms with Gasteiger partial charge in [-0.2, -0.15) is 0 Å². The minimum absolute atomic E-state index is 0.0877. The predicted molar refractivity (Wildman–Crippen MR) is 148 cm³/mol. The summed E-state index contributed by atoms with van der Waals surface area (Å²) in [6, 6.07) is 12.3. The van der Waals surface area contributed by atoms with Crippen LogP contribution in [0, 0.1) is 0 Å². The third-order valence-corrected chi connectivity index (χ3v) is 6.74. The fourth-order valence-electron chi connectivity index (χ4n) is 4.73. The first kappa shape index (κ1) is 26.0. The molecule has 210 valence electrons. The molecule has 4 aromatic carbocycles. The van der Waals surface area contributed by atoms with Crippen LogP contribution in [0.2, 0.25) is 0 Å². The van der Waals surface area contributed by atoms with E-state index in [1.165, 1.54) is 48.5 Å². The Morgan fingerprint density at radius 1 is 0.452 bits per heavy atom. The number of benzene rings is 4. The highest BCUT2D eigenvalue weighted by molar-refractivity contribution is 6.03. The van der Waals surface area contributed by atoms with Gasteiger partial charge in [0.05, 0.1) is 11.1 Å². The number of rotatable bonds is 3. The maximum Gasteiger partial charge on any atom is 0.238 e. The van der Waals surface area contributed by atoms with E-state index >= 15 is 0 Å². The summed E-state index contributed by atoms with van der Waals surface area (Å²) < 4.78 is 11.2. The highest BCUT2D eigenvalue weighted by atomic mass is 16.4. The highest BCUT2D eigenvalue weighted by Gasteiger charge is 2.29. The maximum atomic E-state index is 13.1. The van der Waals surface area contributed by atoms with Crippen LogP contribution in [0.25, 0.3) is 55.7 Å². The molecular formula is C30H18O12. The zero-order valence-corrected chi connectivity index (χ0v) is 21.0. The molecule has 12 nitrogen and oxygen atoms in total. The molecule has 0 aliphatic rings. The van der Waals surface area contributed by atoms with Crippen molar-refractivity contribution in [2.24, 2.45) is 0 Å². The fourth-order valence-corrected chi connectivity index (χ4v) is 4.73. The highest BCUT2D eigenvalue weighted by Crippen LogP contribution is 2.51. The van der Waals surface area contributed by atoms with Crippen molar-refractivity contribution < 1.29 is 49.7 Å². The van der Waals surface area contributed by atoms with E-state index in [2.05, 4.69) is 0 Å². The van der Waals surface area contributed by atoms with Gasteiger partial charge in [0, 0.05) is 23.3 Å². The van der Waals surface area contributed by atoms with Crippen molar-refractivity contribution in [1.82, 2.24) is 0 Å². The average Bonchev–Trinajstić information content (AvgIpc) is 2.95. The van der Waals surface area contributed by atoms with Crippen LogP contribution >= 0.6 is 0 Å². The molecule has 0 aliphatic heterocycles. The van der Waals surface area contributed by atoms with Gasteiger partial charge in [0.2, 0.25) is 22.4 Å². The summed E-state index contributed by atoms with van der Waals surface area (Å²) >= 11 is 0. The SMILES string of the molecule is O=c1c(O)c(-c2ccc(O)cc2)oc2cc(O)c(-c3c(O)cc4oc(-c5ccc(O)cc5)c(O)c(=O)c4c3O)c(O)c12. The van der Waals surface area contributed by atoms with Crippen LogP contribution in [-0.2, 0) is 0 Å². The van der Waals surface area contributed by atoms with E-state index < -0.39 is 67.3 Å². The third kappa shape index (κ3) is 3.78. The summed E-state index contributed by atoms with van der Waals surface area (Å²) in [5, 5.41) is 82.8. The molecule has 0 saturated heterocycles. The summed E-state index contributed by atoms with van der Waals surface area (Å²) in [6.07, 6.45) is 0. The Bertz CT molecular complexity index is 2030. The van der Waals surface area contributed by atoms with E-state index in [1.54, 1.807) is 0 Å². The van der Waals surface area contributed by atoms with E-state index in [0.29, 0.717) is 0 Å². The molecule has 0 fully saturated rings. The van der Waals surface area contributed by atoms with Gasteiger partial charge in [0.15, 0.2) is 11.5 Å². The smallest absolute Gasteiger partial charge is 0.238 e. The van der Waals surface area contributed by atoms with Gasteiger partial charge in [0.25, 0.3) is 0 Å². The van der Waals surface area contributed by atoms with Gasteiger partial charge in [0.1, 0.15) is 56.4 Å². The Morgan fingerprint density at radius 3 is 1.12 bits per heavy atom. The Morgan fingerprint density at radius 2 is 0.786 bits per heavy atom. The summed E-state index contributed by atoms with van der Waals surface area (Å²) in [5.41, 5.74) is -4.02. The normalized spacial score (nSPS) is 11.3. The van der Waals surface area contributed by atoms with E-state index in [1.807, 2.05) is 0 Å². The summed E-state index contributed by atoms with van der Waals surface area (Å²) in [5.74, 6) is -6.28. The second kappa shape index (κ2) is 9.13. The van der Waals surface area contributed by atoms with E-state index in [-0.39, 0.29) is 45.3 Å². The zero-order valence-electron chi connectivity index (χ0n) is 21.0. The van der Waals surface area contributed by atoms with Crippen LogP contribution < -0.4 is 10.9 Å². The first-order valence-corrected chi connectivity index (χ1v) is 12.1. The summed E-state index contributed by atoms with van der Waals surface area (Å²) in [4.78, 5) is 26.3. The van der Waals surface area contributed by atoms with Gasteiger partial charge in [-0.05, 0) is 48.5 Å². The van der Waals surface area contributed by atoms with Crippen LogP contribution in [-0.4, -0.2) is 40.9 Å². The molecular weight excluding hydrogens is 552 g/mol. The largest absolute Gasteiger partial charge is 0.508 e. The molecule has 0 radical (unpaired) electrons. The molecule has 42 heavy (non-hydrogen) atoms. The number of phenolic OH excluding ortho intramolecular Hbond substituents is 6. The first-order valence-electron chi connectivity index (χ1n) is 12.1. The average molecular weight is 570 g/mol. The molecule has 6 aromatic rings. The fraction of sp³-hybridized carbons (Fsp3) is 0. The predicted octanol–water partition coefficient (Wildman–Crippen LogP) is 4.55. The summed E-state index contributed by atoms with van der Waals surface area (Å²) in [6.45, 7) is 0. The van der Waals surface area contributed by atoms with Crippen LogP contribution in [0.3, 0.4) is 0 Å². The van der Waals surface area contributed by atoms with Crippen LogP contribution in [0.4, 0.5) is 0 Å². The lowest BCUT2D eigenvalue weighted by Crippen LogP contribution is -2.05. The quantitative estimate of drug-likeness (QED) is 0.147. The lowest BCUT2D eigenvalue weighted by Gasteiger charge is -2.15. The molecule has 0 amide bonds. The molecule has 0 atom stereocenters. The first-order chi connectivity index (χ1) is 20.0. The molecule has 0 bridgehead atoms. The molecule has 2 aromatic heterocycles. The van der Waals surface area contributed by atoms with Gasteiger partial charge in [-0.3, -0.25) is 9.59 Å². The lowest BCUT2D eigenvalue weighted by atomic mass is 9.96. The summed E-state index contributed by atoms with van der Waals surface area (Å²) in [7, 11) is 0. The maximum absolute atomic E-state index is 13.1. The van der Waals surface area contributed by atoms with Crippen molar-refractivity contribution in [3.05, 3.63) is 81.1 Å². The van der Waals surface area contributed by atoms with Crippen LogP contribution in [0.5, 0.6) is 46.0 Å². The second-order valence-electron chi connectivity index (χ2n) is 9.30. The standard InChI is InChI=1S/C30H18O12/c31-13-5-1-11(2-6-13)29-27(39)25(37)21-17(41-29)9-15(33)19(23(21)35)20-16(34)10-18-22(24(20)36)26(38)28(40)30(42-18)12-3-7-14(32)8-4-12/h1-10,31-36,39-40H. The minimum Gasteiger partial charge on any atom is -0.508 e. The van der Waals surface area contributed by atoms with Gasteiger partial charge in [-0.25, -0.2) is 0 Å². The lowest BCUT2D eigenvalue weighted by molar-refractivity contribution is 0.432.